The van der Waals surface area contributed by atoms with Gasteiger partial charge in [0.1, 0.15) is 5.82 Å². The Labute approximate surface area is 124 Å². The summed E-state index contributed by atoms with van der Waals surface area (Å²) < 4.78 is 0. The van der Waals surface area contributed by atoms with Crippen molar-refractivity contribution in [1.29, 1.82) is 0 Å². The van der Waals surface area contributed by atoms with Crippen LogP contribution in [0.5, 0.6) is 0 Å². The molecule has 2 aromatic carbocycles. The molecule has 0 amide bonds. The predicted octanol–water partition coefficient (Wildman–Crippen LogP) is 3.43. The third kappa shape index (κ3) is 2.36. The van der Waals surface area contributed by atoms with E-state index < -0.39 is 0 Å². The minimum absolute atomic E-state index is 0.0322. The quantitative estimate of drug-likeness (QED) is 0.771. The molecule has 0 aliphatic carbocycles. The zero-order chi connectivity index (χ0) is 14.8. The van der Waals surface area contributed by atoms with E-state index in [0.717, 1.165) is 11.1 Å². The second-order valence-electron chi connectivity index (χ2n) is 5.22. The van der Waals surface area contributed by atoms with E-state index in [4.69, 9.17) is 5.73 Å². The van der Waals surface area contributed by atoms with Crippen LogP contribution in [0.2, 0.25) is 0 Å². The molecule has 3 aromatic rings. The smallest absolute Gasteiger partial charge is 0.128 e. The van der Waals surface area contributed by atoms with Gasteiger partial charge in [-0.25, -0.2) is 4.98 Å². The van der Waals surface area contributed by atoms with Crippen LogP contribution in [0.15, 0.2) is 54.7 Å². The molecular weight excluding hydrogens is 258 g/mol. The number of rotatable bonds is 3. The summed E-state index contributed by atoms with van der Waals surface area (Å²) in [5, 5.41) is 5.86. The maximum absolute atomic E-state index is 6.13. The summed E-state index contributed by atoms with van der Waals surface area (Å²) >= 11 is 0. The van der Waals surface area contributed by atoms with Crippen molar-refractivity contribution in [3.8, 4) is 0 Å². The lowest BCUT2D eigenvalue weighted by molar-refractivity contribution is 0.692. The zero-order valence-corrected chi connectivity index (χ0v) is 12.3. The summed E-state index contributed by atoms with van der Waals surface area (Å²) in [4.78, 5) is 4.25. The number of benzene rings is 2. The van der Waals surface area contributed by atoms with Gasteiger partial charge >= 0.3 is 0 Å². The zero-order valence-electron chi connectivity index (χ0n) is 12.3. The summed E-state index contributed by atoms with van der Waals surface area (Å²) in [5.41, 5.74) is 9.55. The van der Waals surface area contributed by atoms with E-state index in [1.165, 1.54) is 16.3 Å². The number of anilines is 1. The van der Waals surface area contributed by atoms with Gasteiger partial charge in [-0.1, -0.05) is 42.5 Å². The van der Waals surface area contributed by atoms with E-state index in [0.29, 0.717) is 5.82 Å². The lowest BCUT2D eigenvalue weighted by atomic mass is 9.92. The molecular formula is C18H19N3. The maximum atomic E-state index is 6.13. The van der Waals surface area contributed by atoms with Gasteiger partial charge in [0.15, 0.2) is 0 Å². The van der Waals surface area contributed by atoms with Crippen LogP contribution in [-0.2, 0) is 0 Å². The van der Waals surface area contributed by atoms with Crippen LogP contribution in [0.1, 0.15) is 22.7 Å². The first kappa shape index (κ1) is 13.6. The summed E-state index contributed by atoms with van der Waals surface area (Å²) in [6.45, 7) is 2.07. The van der Waals surface area contributed by atoms with Crippen LogP contribution in [0.3, 0.4) is 0 Å². The lowest BCUT2D eigenvalue weighted by Gasteiger charge is -2.22. The minimum Gasteiger partial charge on any atom is -0.383 e. The van der Waals surface area contributed by atoms with Crippen LogP contribution in [0, 0.1) is 6.92 Å². The van der Waals surface area contributed by atoms with Gasteiger partial charge in [0, 0.05) is 11.8 Å². The molecule has 106 valence electrons. The second kappa shape index (κ2) is 5.54. The van der Waals surface area contributed by atoms with Gasteiger partial charge in [0.2, 0.25) is 0 Å². The van der Waals surface area contributed by atoms with Gasteiger partial charge < -0.3 is 11.1 Å². The highest BCUT2D eigenvalue weighted by Gasteiger charge is 2.19. The van der Waals surface area contributed by atoms with Crippen LogP contribution < -0.4 is 11.1 Å². The lowest BCUT2D eigenvalue weighted by Crippen LogP contribution is -2.21. The number of fused-ring (bicyclic) bond motifs is 1. The first-order chi connectivity index (χ1) is 10.2. The number of hydrogen-bond donors (Lipinski definition) is 2. The van der Waals surface area contributed by atoms with Crippen LogP contribution >= 0.6 is 0 Å². The third-order valence-corrected chi connectivity index (χ3v) is 3.95. The molecule has 0 saturated carbocycles. The summed E-state index contributed by atoms with van der Waals surface area (Å²) in [6.07, 6.45) is 1.75. The standard InChI is InChI=1S/C18H19N3/c1-12-10-11-21-18(19)16(12)17(20-2)15-9-5-7-13-6-3-4-8-14(13)15/h3-11,17,20H,1-2H3,(H2,19,21). The Balaban J connectivity index is 2.24. The number of hydrogen-bond acceptors (Lipinski definition) is 3. The third-order valence-electron chi connectivity index (χ3n) is 3.95. The van der Waals surface area contributed by atoms with Crippen molar-refractivity contribution >= 4 is 16.6 Å². The largest absolute Gasteiger partial charge is 0.383 e. The molecule has 1 heterocycles. The Morgan fingerprint density at radius 1 is 1.05 bits per heavy atom. The second-order valence-corrected chi connectivity index (χ2v) is 5.22. The highest BCUT2D eigenvalue weighted by molar-refractivity contribution is 5.86. The van der Waals surface area contributed by atoms with Crippen molar-refractivity contribution in [3.63, 3.8) is 0 Å². The topological polar surface area (TPSA) is 50.9 Å². The fraction of sp³-hybridized carbons (Fsp3) is 0.167. The van der Waals surface area contributed by atoms with Crippen molar-refractivity contribution in [2.24, 2.45) is 0 Å². The first-order valence-electron chi connectivity index (χ1n) is 7.08. The molecule has 1 aromatic heterocycles. The molecule has 21 heavy (non-hydrogen) atoms. The number of nitrogens with one attached hydrogen (secondary N) is 1. The summed E-state index contributed by atoms with van der Waals surface area (Å²) in [7, 11) is 1.96. The Hall–Kier alpha value is -2.39. The number of nitrogens with two attached hydrogens (primary N) is 1. The molecule has 3 nitrogen and oxygen atoms in total. The van der Waals surface area contributed by atoms with E-state index in [1.807, 2.05) is 13.1 Å². The van der Waals surface area contributed by atoms with E-state index >= 15 is 0 Å². The molecule has 0 saturated heterocycles. The molecule has 1 unspecified atom stereocenters. The fourth-order valence-electron chi connectivity index (χ4n) is 2.92. The number of pyridine rings is 1. The van der Waals surface area contributed by atoms with Gasteiger partial charge in [-0.2, -0.15) is 0 Å². The Morgan fingerprint density at radius 2 is 1.81 bits per heavy atom. The molecule has 0 aliphatic rings. The van der Waals surface area contributed by atoms with Crippen molar-refractivity contribution in [1.82, 2.24) is 10.3 Å². The van der Waals surface area contributed by atoms with Crippen LogP contribution in [0.4, 0.5) is 5.82 Å². The molecule has 0 bridgehead atoms. The van der Waals surface area contributed by atoms with Crippen molar-refractivity contribution in [2.45, 2.75) is 13.0 Å². The molecule has 1 atom stereocenters. The van der Waals surface area contributed by atoms with E-state index in [2.05, 4.69) is 59.7 Å². The molecule has 0 spiro atoms. The number of nitrogen functional groups attached to an aromatic ring is 1. The van der Waals surface area contributed by atoms with Crippen molar-refractivity contribution in [3.05, 3.63) is 71.4 Å². The van der Waals surface area contributed by atoms with Crippen molar-refractivity contribution in [2.75, 3.05) is 12.8 Å². The van der Waals surface area contributed by atoms with Gasteiger partial charge in [-0.15, -0.1) is 0 Å². The Kier molecular flexibility index (Phi) is 3.59. The number of aryl methyl sites for hydroxylation is 1. The monoisotopic (exact) mass is 277 g/mol. The Morgan fingerprint density at radius 3 is 2.57 bits per heavy atom. The maximum Gasteiger partial charge on any atom is 0.128 e. The van der Waals surface area contributed by atoms with Crippen molar-refractivity contribution < 1.29 is 0 Å². The minimum atomic E-state index is 0.0322. The number of nitrogens with zero attached hydrogens (tertiary/aromatic N) is 1. The van der Waals surface area contributed by atoms with Gasteiger partial charge in [-0.05, 0) is 41.9 Å². The fourth-order valence-corrected chi connectivity index (χ4v) is 2.92. The van der Waals surface area contributed by atoms with Crippen LogP contribution in [-0.4, -0.2) is 12.0 Å². The van der Waals surface area contributed by atoms with E-state index in [9.17, 15) is 0 Å². The Bertz CT molecular complexity index is 755. The average Bonchev–Trinajstić information content (AvgIpc) is 2.51. The summed E-state index contributed by atoms with van der Waals surface area (Å²) in [6, 6.07) is 16.8. The molecule has 3 N–H and O–H groups in total. The highest BCUT2D eigenvalue weighted by Crippen LogP contribution is 2.32. The normalized spacial score (nSPS) is 12.5. The van der Waals surface area contributed by atoms with Gasteiger partial charge in [0.25, 0.3) is 0 Å². The number of aromatic nitrogens is 1. The molecule has 3 heteroatoms. The van der Waals surface area contributed by atoms with Gasteiger partial charge in [0.05, 0.1) is 6.04 Å². The molecule has 3 rings (SSSR count). The average molecular weight is 277 g/mol. The van der Waals surface area contributed by atoms with Crippen LogP contribution in [0.25, 0.3) is 10.8 Å². The van der Waals surface area contributed by atoms with E-state index in [1.54, 1.807) is 6.20 Å². The first-order valence-corrected chi connectivity index (χ1v) is 7.08. The van der Waals surface area contributed by atoms with Gasteiger partial charge in [-0.3, -0.25) is 0 Å². The highest BCUT2D eigenvalue weighted by atomic mass is 14.9. The van der Waals surface area contributed by atoms with E-state index in [-0.39, 0.29) is 6.04 Å². The predicted molar refractivity (Wildman–Crippen MR) is 88.2 cm³/mol. The molecule has 0 fully saturated rings. The molecule has 0 aliphatic heterocycles. The summed E-state index contributed by atoms with van der Waals surface area (Å²) in [5.74, 6) is 0.585. The molecule has 0 radical (unpaired) electrons. The SMILES string of the molecule is CNC(c1c(C)ccnc1N)c1cccc2ccccc12.